The molecule has 5 nitrogen and oxygen atoms in total. The van der Waals surface area contributed by atoms with Crippen LogP contribution in [0.15, 0.2) is 23.1 Å². The maximum Gasteiger partial charge on any atom is 0.322 e. The number of hydrogen-bond acceptors (Lipinski definition) is 3. The molecule has 1 aromatic rings. The zero-order valence-corrected chi connectivity index (χ0v) is 13.4. The predicted molar refractivity (Wildman–Crippen MR) is 79.6 cm³/mol. The lowest BCUT2D eigenvalue weighted by atomic mass is 9.94. The van der Waals surface area contributed by atoms with Crippen molar-refractivity contribution in [1.82, 2.24) is 4.31 Å². The first-order valence-electron chi connectivity index (χ1n) is 7.05. The highest BCUT2D eigenvalue weighted by molar-refractivity contribution is 7.89. The minimum atomic E-state index is -3.77. The van der Waals surface area contributed by atoms with Crippen molar-refractivity contribution < 1.29 is 18.3 Å². The molecular weight excluding hydrogens is 290 g/mol. The molecule has 1 fully saturated rings. The van der Waals surface area contributed by atoms with E-state index in [0.717, 1.165) is 9.87 Å². The van der Waals surface area contributed by atoms with E-state index in [4.69, 9.17) is 0 Å². The van der Waals surface area contributed by atoms with Gasteiger partial charge in [-0.2, -0.15) is 4.31 Å². The number of sulfonamides is 1. The second kappa shape index (κ2) is 5.77. The number of carboxylic acid groups (broad SMARTS) is 1. The van der Waals surface area contributed by atoms with Crippen molar-refractivity contribution in [2.24, 2.45) is 5.92 Å². The number of hydrogen-bond donors (Lipinski definition) is 1. The van der Waals surface area contributed by atoms with E-state index in [1.54, 1.807) is 25.1 Å². The molecule has 2 unspecified atom stereocenters. The Bertz CT molecular complexity index is 654. The zero-order valence-electron chi connectivity index (χ0n) is 12.5. The summed E-state index contributed by atoms with van der Waals surface area (Å²) in [6.07, 6.45) is 1.05. The van der Waals surface area contributed by atoms with Crippen LogP contribution in [-0.4, -0.2) is 36.4 Å². The average Bonchev–Trinajstić information content (AvgIpc) is 2.37. The number of piperidine rings is 1. The topological polar surface area (TPSA) is 74.7 Å². The molecule has 2 atom stereocenters. The van der Waals surface area contributed by atoms with Gasteiger partial charge in [0.25, 0.3) is 0 Å². The first kappa shape index (κ1) is 16.0. The molecule has 1 saturated heterocycles. The van der Waals surface area contributed by atoms with Crippen LogP contribution < -0.4 is 0 Å². The van der Waals surface area contributed by atoms with Crippen LogP contribution in [0.4, 0.5) is 0 Å². The largest absolute Gasteiger partial charge is 0.480 e. The van der Waals surface area contributed by atoms with Crippen molar-refractivity contribution in [1.29, 1.82) is 0 Å². The molecule has 1 N–H and O–H groups in total. The summed E-state index contributed by atoms with van der Waals surface area (Å²) in [6, 6.07) is 4.13. The summed E-state index contributed by atoms with van der Waals surface area (Å²) in [5.74, 6) is -0.855. The molecule has 0 amide bonds. The van der Waals surface area contributed by atoms with Gasteiger partial charge in [0, 0.05) is 6.54 Å². The van der Waals surface area contributed by atoms with Gasteiger partial charge in [-0.3, -0.25) is 4.79 Å². The van der Waals surface area contributed by atoms with Gasteiger partial charge in [-0.1, -0.05) is 24.6 Å². The highest BCUT2D eigenvalue weighted by Gasteiger charge is 2.40. The zero-order chi connectivity index (χ0) is 15.8. The summed E-state index contributed by atoms with van der Waals surface area (Å²) in [5, 5.41) is 9.34. The highest BCUT2D eigenvalue weighted by atomic mass is 32.2. The molecule has 1 aliphatic rings. The minimum Gasteiger partial charge on any atom is -0.480 e. The first-order valence-corrected chi connectivity index (χ1v) is 8.49. The SMILES string of the molecule is Cc1ccc(S(=O)(=O)N2CCC(C)CC2C(=O)O)c(C)c1. The summed E-state index contributed by atoms with van der Waals surface area (Å²) in [4.78, 5) is 11.6. The fourth-order valence-electron chi connectivity index (χ4n) is 2.85. The van der Waals surface area contributed by atoms with Crippen LogP contribution in [0.3, 0.4) is 0 Å². The Morgan fingerprint density at radius 2 is 2.00 bits per heavy atom. The Labute approximate surface area is 125 Å². The number of rotatable bonds is 3. The summed E-state index contributed by atoms with van der Waals surface area (Å²) < 4.78 is 26.8. The van der Waals surface area contributed by atoms with E-state index in [9.17, 15) is 18.3 Å². The van der Waals surface area contributed by atoms with Gasteiger partial charge in [0.2, 0.25) is 10.0 Å². The molecule has 0 aliphatic carbocycles. The van der Waals surface area contributed by atoms with Gasteiger partial charge >= 0.3 is 5.97 Å². The molecule has 2 rings (SSSR count). The van der Waals surface area contributed by atoms with E-state index >= 15 is 0 Å². The normalized spacial score (nSPS) is 24.0. The molecule has 6 heteroatoms. The van der Waals surface area contributed by atoms with E-state index in [2.05, 4.69) is 0 Å². The summed E-state index contributed by atoms with van der Waals surface area (Å²) in [7, 11) is -3.77. The molecule has 116 valence electrons. The fourth-order valence-corrected chi connectivity index (χ4v) is 4.66. The summed E-state index contributed by atoms with van der Waals surface area (Å²) in [5.41, 5.74) is 1.63. The Morgan fingerprint density at radius 3 is 2.57 bits per heavy atom. The van der Waals surface area contributed by atoms with E-state index in [1.165, 1.54) is 0 Å². The molecular formula is C15H21NO4S. The van der Waals surface area contributed by atoms with Crippen molar-refractivity contribution in [3.63, 3.8) is 0 Å². The van der Waals surface area contributed by atoms with Crippen LogP contribution in [0.5, 0.6) is 0 Å². The number of aliphatic carboxylic acids is 1. The number of carbonyl (C=O) groups is 1. The predicted octanol–water partition coefficient (Wildman–Crippen LogP) is 2.18. The minimum absolute atomic E-state index is 0.203. The molecule has 1 aliphatic heterocycles. The van der Waals surface area contributed by atoms with Gasteiger partial charge in [-0.05, 0) is 44.2 Å². The standard InChI is InChI=1S/C15H21NO4S/c1-10-4-5-14(12(3)8-10)21(19,20)16-7-6-11(2)9-13(16)15(17)18/h4-5,8,11,13H,6-7,9H2,1-3H3,(H,17,18). The number of nitrogens with zero attached hydrogens (tertiary/aromatic N) is 1. The van der Waals surface area contributed by atoms with Crippen molar-refractivity contribution in [2.75, 3.05) is 6.54 Å². The van der Waals surface area contributed by atoms with E-state index < -0.39 is 22.0 Å². The van der Waals surface area contributed by atoms with Gasteiger partial charge in [0.1, 0.15) is 6.04 Å². The molecule has 0 radical (unpaired) electrons. The lowest BCUT2D eigenvalue weighted by molar-refractivity contribution is -0.143. The van der Waals surface area contributed by atoms with Gasteiger partial charge in [0.05, 0.1) is 4.90 Å². The monoisotopic (exact) mass is 311 g/mol. The van der Waals surface area contributed by atoms with Gasteiger partial charge in [0.15, 0.2) is 0 Å². The number of benzene rings is 1. The van der Waals surface area contributed by atoms with Crippen molar-refractivity contribution >= 4 is 16.0 Å². The van der Waals surface area contributed by atoms with Crippen LogP contribution in [0, 0.1) is 19.8 Å². The third kappa shape index (κ3) is 3.11. The van der Waals surface area contributed by atoms with Crippen LogP contribution in [0.1, 0.15) is 30.9 Å². The Balaban J connectivity index is 2.44. The maximum absolute atomic E-state index is 12.8. The molecule has 0 spiro atoms. The fraction of sp³-hybridized carbons (Fsp3) is 0.533. The Morgan fingerprint density at radius 1 is 1.33 bits per heavy atom. The maximum atomic E-state index is 12.8. The quantitative estimate of drug-likeness (QED) is 0.928. The van der Waals surface area contributed by atoms with Crippen molar-refractivity contribution in [3.05, 3.63) is 29.3 Å². The molecule has 0 saturated carbocycles. The van der Waals surface area contributed by atoms with E-state index in [1.807, 2.05) is 13.8 Å². The van der Waals surface area contributed by atoms with Crippen LogP contribution in [-0.2, 0) is 14.8 Å². The van der Waals surface area contributed by atoms with Crippen LogP contribution >= 0.6 is 0 Å². The second-order valence-corrected chi connectivity index (χ2v) is 7.73. The van der Waals surface area contributed by atoms with Gasteiger partial charge in [-0.15, -0.1) is 0 Å². The second-order valence-electron chi connectivity index (χ2n) is 5.87. The smallest absolute Gasteiger partial charge is 0.322 e. The third-order valence-corrected chi connectivity index (χ3v) is 6.09. The van der Waals surface area contributed by atoms with Crippen molar-refractivity contribution in [3.8, 4) is 0 Å². The van der Waals surface area contributed by atoms with Crippen LogP contribution in [0.2, 0.25) is 0 Å². The summed E-state index contributed by atoms with van der Waals surface area (Å²) >= 11 is 0. The van der Waals surface area contributed by atoms with Crippen LogP contribution in [0.25, 0.3) is 0 Å². The van der Waals surface area contributed by atoms with Gasteiger partial charge in [-0.25, -0.2) is 8.42 Å². The van der Waals surface area contributed by atoms with E-state index in [0.29, 0.717) is 18.4 Å². The Kier molecular flexibility index (Phi) is 4.39. The summed E-state index contributed by atoms with van der Waals surface area (Å²) in [6.45, 7) is 5.85. The lowest BCUT2D eigenvalue weighted by Gasteiger charge is -2.35. The third-order valence-electron chi connectivity index (χ3n) is 4.02. The molecule has 1 heterocycles. The highest BCUT2D eigenvalue weighted by Crippen LogP contribution is 2.30. The number of carboxylic acids is 1. The Hall–Kier alpha value is -1.40. The van der Waals surface area contributed by atoms with Crippen molar-refractivity contribution in [2.45, 2.75) is 44.6 Å². The molecule has 1 aromatic carbocycles. The molecule has 21 heavy (non-hydrogen) atoms. The van der Waals surface area contributed by atoms with E-state index in [-0.39, 0.29) is 17.4 Å². The number of aryl methyl sites for hydroxylation is 2. The lowest BCUT2D eigenvalue weighted by Crippen LogP contribution is -2.49. The first-order chi connectivity index (χ1) is 9.73. The average molecular weight is 311 g/mol. The molecule has 0 bridgehead atoms. The molecule has 0 aromatic heterocycles. The van der Waals surface area contributed by atoms with Gasteiger partial charge < -0.3 is 5.11 Å².